The lowest BCUT2D eigenvalue weighted by molar-refractivity contribution is 0.244. The molecule has 1 unspecified atom stereocenters. The lowest BCUT2D eigenvalue weighted by atomic mass is 9.96. The van der Waals surface area contributed by atoms with E-state index in [1.165, 1.54) is 12.1 Å². The molecule has 3 rings (SSSR count). The van der Waals surface area contributed by atoms with Gasteiger partial charge in [0.1, 0.15) is 29.1 Å². The normalized spacial score (nSPS) is 21.6. The van der Waals surface area contributed by atoms with Crippen molar-refractivity contribution in [1.29, 1.82) is 0 Å². The molecule has 0 saturated heterocycles. The lowest BCUT2D eigenvalue weighted by Gasteiger charge is -2.16. The van der Waals surface area contributed by atoms with E-state index in [1.807, 2.05) is 12.4 Å². The van der Waals surface area contributed by atoms with Crippen LogP contribution in [0.4, 0.5) is 8.78 Å². The summed E-state index contributed by atoms with van der Waals surface area (Å²) in [4.78, 5) is 13.0. The van der Waals surface area contributed by atoms with Gasteiger partial charge in [-0.1, -0.05) is 6.92 Å². The predicted molar refractivity (Wildman–Crippen MR) is 124 cm³/mol. The molecule has 2 atom stereocenters. The molecule has 0 aromatic heterocycles. The number of benzene rings is 1. The third kappa shape index (κ3) is 7.14. The van der Waals surface area contributed by atoms with Crippen molar-refractivity contribution in [2.75, 3.05) is 26.2 Å². The Morgan fingerprint density at radius 2 is 1.91 bits per heavy atom. The van der Waals surface area contributed by atoms with Gasteiger partial charge in [0, 0.05) is 37.6 Å². The summed E-state index contributed by atoms with van der Waals surface area (Å²) in [6, 6.07) is 2.39. The zero-order valence-corrected chi connectivity index (χ0v) is 18.8. The Bertz CT molecular complexity index is 860. The Morgan fingerprint density at radius 3 is 2.59 bits per heavy atom. The molecule has 0 bridgehead atoms. The summed E-state index contributed by atoms with van der Waals surface area (Å²) in [6.07, 6.45) is 9.98. The fraction of sp³-hybridized carbons (Fsp3) is 0.542. The molecule has 2 aliphatic heterocycles. The fourth-order valence-electron chi connectivity index (χ4n) is 3.64. The van der Waals surface area contributed by atoms with Gasteiger partial charge in [0.15, 0.2) is 0 Å². The first kappa shape index (κ1) is 23.9. The molecule has 0 spiro atoms. The van der Waals surface area contributed by atoms with E-state index in [9.17, 15) is 8.78 Å². The minimum Gasteiger partial charge on any atom is -0.493 e. The number of nitrogens with zero attached hydrogens (tertiary/aromatic N) is 3. The Balaban J connectivity index is 1.48. The van der Waals surface area contributed by atoms with Crippen LogP contribution < -0.4 is 10.1 Å². The zero-order valence-electron chi connectivity index (χ0n) is 18.8. The van der Waals surface area contributed by atoms with Gasteiger partial charge in [-0.2, -0.15) is 0 Å². The summed E-state index contributed by atoms with van der Waals surface area (Å²) >= 11 is 0. The van der Waals surface area contributed by atoms with Crippen molar-refractivity contribution >= 4 is 18.5 Å². The molecule has 0 aliphatic carbocycles. The quantitative estimate of drug-likeness (QED) is 0.619. The lowest BCUT2D eigenvalue weighted by Crippen LogP contribution is -2.12. The first-order valence-corrected chi connectivity index (χ1v) is 11.3. The average molecular weight is 447 g/mol. The van der Waals surface area contributed by atoms with Crippen molar-refractivity contribution in [1.82, 2.24) is 5.32 Å². The van der Waals surface area contributed by atoms with Crippen molar-refractivity contribution < 1.29 is 18.3 Å². The number of nitrogens with one attached hydrogen (secondary N) is 1. The summed E-state index contributed by atoms with van der Waals surface area (Å²) in [7, 11) is 0. The second-order valence-electron chi connectivity index (χ2n) is 8.08. The number of hydrogen-bond acceptors (Lipinski definition) is 6. The van der Waals surface area contributed by atoms with Crippen LogP contribution in [0.5, 0.6) is 5.75 Å². The zero-order chi connectivity index (χ0) is 22.8. The third-order valence-electron chi connectivity index (χ3n) is 5.49. The van der Waals surface area contributed by atoms with E-state index in [1.54, 1.807) is 13.3 Å². The largest absolute Gasteiger partial charge is 0.493 e. The molecular formula is C24H32F2N4O2. The van der Waals surface area contributed by atoms with E-state index in [2.05, 4.69) is 27.2 Å². The Hall–Kier alpha value is -2.77. The van der Waals surface area contributed by atoms with E-state index in [0.717, 1.165) is 50.8 Å². The molecule has 0 amide bonds. The monoisotopic (exact) mass is 446 g/mol. The van der Waals surface area contributed by atoms with Crippen LogP contribution >= 0.6 is 0 Å². The van der Waals surface area contributed by atoms with Gasteiger partial charge in [-0.15, -0.1) is 0 Å². The van der Waals surface area contributed by atoms with Crippen molar-refractivity contribution in [3.8, 4) is 5.75 Å². The second-order valence-corrected chi connectivity index (χ2v) is 8.08. The van der Waals surface area contributed by atoms with Gasteiger partial charge in [-0.3, -0.25) is 9.98 Å². The number of ether oxygens (including phenoxy) is 2. The van der Waals surface area contributed by atoms with Crippen molar-refractivity contribution in [2.24, 2.45) is 20.9 Å². The van der Waals surface area contributed by atoms with E-state index in [0.29, 0.717) is 19.1 Å². The van der Waals surface area contributed by atoms with Crippen LogP contribution in [0.1, 0.15) is 51.5 Å². The summed E-state index contributed by atoms with van der Waals surface area (Å²) < 4.78 is 39.9. The standard InChI is InChI=1S/C24H32F2N4O2/c1-3-18-14-27-8-6-19(7-9-28-16-29-15-18)5-4-10-31-20-11-21(25)23(22(26)12-20)24-30-13-17(2)32-24/h11-12,14-17,19H,3-10,13H2,1-2H3,(H,28,29)/t17-,19?/m1/s1. The van der Waals surface area contributed by atoms with Crippen LogP contribution in [-0.2, 0) is 4.74 Å². The Morgan fingerprint density at radius 1 is 1.16 bits per heavy atom. The topological polar surface area (TPSA) is 67.6 Å². The van der Waals surface area contributed by atoms with Crippen LogP contribution in [-0.4, -0.2) is 50.8 Å². The molecule has 1 aromatic rings. The van der Waals surface area contributed by atoms with E-state index in [4.69, 9.17) is 9.47 Å². The minimum atomic E-state index is -0.725. The van der Waals surface area contributed by atoms with Gasteiger partial charge in [0.25, 0.3) is 0 Å². The van der Waals surface area contributed by atoms with Crippen LogP contribution in [0.15, 0.2) is 38.9 Å². The number of aliphatic imine (C=N–C) groups is 3. The summed E-state index contributed by atoms with van der Waals surface area (Å²) in [6.45, 7) is 6.21. The van der Waals surface area contributed by atoms with Crippen LogP contribution in [0, 0.1) is 17.6 Å². The van der Waals surface area contributed by atoms with Gasteiger partial charge in [0.2, 0.25) is 5.90 Å². The molecule has 6 nitrogen and oxygen atoms in total. The van der Waals surface area contributed by atoms with Gasteiger partial charge in [0.05, 0.1) is 19.5 Å². The maximum absolute atomic E-state index is 14.4. The number of hydrogen-bond donors (Lipinski definition) is 1. The molecule has 0 fully saturated rings. The van der Waals surface area contributed by atoms with Crippen molar-refractivity contribution in [3.63, 3.8) is 0 Å². The van der Waals surface area contributed by atoms with E-state index >= 15 is 0 Å². The minimum absolute atomic E-state index is 0.0172. The van der Waals surface area contributed by atoms with Crippen LogP contribution in [0.2, 0.25) is 0 Å². The summed E-state index contributed by atoms with van der Waals surface area (Å²) in [5, 5.41) is 3.08. The maximum atomic E-state index is 14.4. The SMILES string of the molecule is CCC1=CNC=NCCC(CCCOc2cc(F)c(C3=NC[C@@H](C)O3)c(F)c2)CCN=C1. The molecule has 174 valence electrons. The highest BCUT2D eigenvalue weighted by Crippen LogP contribution is 2.25. The Labute approximate surface area is 188 Å². The third-order valence-corrected chi connectivity index (χ3v) is 5.49. The first-order valence-electron chi connectivity index (χ1n) is 11.3. The number of halogens is 2. The summed E-state index contributed by atoms with van der Waals surface area (Å²) in [5.74, 6) is -0.789. The van der Waals surface area contributed by atoms with Gasteiger partial charge < -0.3 is 14.8 Å². The summed E-state index contributed by atoms with van der Waals surface area (Å²) in [5.41, 5.74) is 0.903. The molecule has 0 radical (unpaired) electrons. The van der Waals surface area contributed by atoms with Gasteiger partial charge >= 0.3 is 0 Å². The van der Waals surface area contributed by atoms with Gasteiger partial charge in [-0.05, 0) is 50.5 Å². The average Bonchev–Trinajstić information content (AvgIpc) is 3.18. The molecule has 2 heterocycles. The highest BCUT2D eigenvalue weighted by atomic mass is 19.1. The fourth-order valence-corrected chi connectivity index (χ4v) is 3.64. The molecule has 0 saturated carbocycles. The molecule has 32 heavy (non-hydrogen) atoms. The van der Waals surface area contributed by atoms with E-state index in [-0.39, 0.29) is 23.3 Å². The van der Waals surface area contributed by atoms with Crippen LogP contribution in [0.3, 0.4) is 0 Å². The maximum Gasteiger partial charge on any atom is 0.222 e. The highest BCUT2D eigenvalue weighted by molar-refractivity contribution is 5.95. The molecule has 1 aromatic carbocycles. The smallest absolute Gasteiger partial charge is 0.222 e. The Kier molecular flexibility index (Phi) is 9.19. The van der Waals surface area contributed by atoms with Crippen molar-refractivity contribution in [2.45, 2.75) is 52.1 Å². The predicted octanol–water partition coefficient (Wildman–Crippen LogP) is 4.68. The molecule has 8 heteroatoms. The molecule has 2 aliphatic rings. The second kappa shape index (κ2) is 12.3. The molecular weight excluding hydrogens is 414 g/mol. The number of rotatable bonds is 7. The van der Waals surface area contributed by atoms with Crippen LogP contribution in [0.25, 0.3) is 0 Å². The highest BCUT2D eigenvalue weighted by Gasteiger charge is 2.24. The molecule has 1 N–H and O–H groups in total. The van der Waals surface area contributed by atoms with Gasteiger partial charge in [-0.25, -0.2) is 13.8 Å². The number of allylic oxidation sites excluding steroid dienone is 1. The van der Waals surface area contributed by atoms with E-state index < -0.39 is 11.6 Å². The first-order chi connectivity index (χ1) is 15.6. The van der Waals surface area contributed by atoms with Crippen molar-refractivity contribution in [3.05, 3.63) is 41.1 Å².